The lowest BCUT2D eigenvalue weighted by molar-refractivity contribution is -0.128. The van der Waals surface area contributed by atoms with Crippen molar-refractivity contribution in [1.82, 2.24) is 0 Å². The van der Waals surface area contributed by atoms with Crippen LogP contribution in [0.25, 0.3) is 0 Å². The van der Waals surface area contributed by atoms with Crippen LogP contribution in [0.3, 0.4) is 0 Å². The molecule has 0 fully saturated rings. The fourth-order valence-electron chi connectivity index (χ4n) is 1.28. The molecule has 0 heterocycles. The first-order valence-corrected chi connectivity index (χ1v) is 5.09. The smallest absolute Gasteiger partial charge is 0.143 e. The summed E-state index contributed by atoms with van der Waals surface area (Å²) in [6, 6.07) is 0. The third-order valence-corrected chi connectivity index (χ3v) is 2.06. The number of carbonyl (C=O) groups excluding carboxylic acids is 2. The van der Waals surface area contributed by atoms with Gasteiger partial charge in [0.25, 0.3) is 0 Å². The Bertz CT molecular complexity index is 161. The molecule has 0 aliphatic rings. The van der Waals surface area contributed by atoms with E-state index in [1.807, 2.05) is 13.8 Å². The van der Waals surface area contributed by atoms with Gasteiger partial charge in [-0.1, -0.05) is 33.6 Å². The van der Waals surface area contributed by atoms with E-state index < -0.39 is 0 Å². The van der Waals surface area contributed by atoms with Crippen LogP contribution in [0.5, 0.6) is 0 Å². The van der Waals surface area contributed by atoms with Crippen LogP contribution < -0.4 is 0 Å². The van der Waals surface area contributed by atoms with E-state index in [1.165, 1.54) is 0 Å². The molecular formula is C11H20O2. The highest BCUT2D eigenvalue weighted by Crippen LogP contribution is 2.12. The van der Waals surface area contributed by atoms with Gasteiger partial charge in [0.1, 0.15) is 12.1 Å². The summed E-state index contributed by atoms with van der Waals surface area (Å²) >= 11 is 0. The Kier molecular flexibility index (Phi) is 6.47. The minimum absolute atomic E-state index is 0.110. The summed E-state index contributed by atoms with van der Waals surface area (Å²) in [5.41, 5.74) is 0. The maximum absolute atomic E-state index is 11.5. The van der Waals surface area contributed by atoms with E-state index in [0.717, 1.165) is 25.5 Å². The van der Waals surface area contributed by atoms with Crippen molar-refractivity contribution in [3.63, 3.8) is 0 Å². The second kappa shape index (κ2) is 6.81. The first-order chi connectivity index (χ1) is 6.11. The molecule has 0 radical (unpaired) electrons. The molecule has 0 N–H and O–H groups in total. The molecule has 0 bridgehead atoms. The van der Waals surface area contributed by atoms with Crippen LogP contribution in [-0.2, 0) is 9.59 Å². The SMILES string of the molecule is CCCCC(C=O)C(=O)CC(C)C. The van der Waals surface area contributed by atoms with Crippen LogP contribution in [0.1, 0.15) is 46.5 Å². The number of aldehydes is 1. The number of Topliss-reactive ketones (excluding diaryl/α,β-unsaturated/α-hetero) is 1. The van der Waals surface area contributed by atoms with Gasteiger partial charge in [0.15, 0.2) is 0 Å². The van der Waals surface area contributed by atoms with Gasteiger partial charge in [0, 0.05) is 6.42 Å². The Morgan fingerprint density at radius 2 is 2.00 bits per heavy atom. The second-order valence-corrected chi connectivity index (χ2v) is 3.95. The average Bonchev–Trinajstić information content (AvgIpc) is 2.04. The molecule has 0 spiro atoms. The summed E-state index contributed by atoms with van der Waals surface area (Å²) in [7, 11) is 0. The fraction of sp³-hybridized carbons (Fsp3) is 0.818. The molecule has 2 nitrogen and oxygen atoms in total. The zero-order valence-electron chi connectivity index (χ0n) is 8.88. The maximum atomic E-state index is 11.5. The van der Waals surface area contributed by atoms with Gasteiger partial charge >= 0.3 is 0 Å². The van der Waals surface area contributed by atoms with E-state index in [0.29, 0.717) is 12.3 Å². The van der Waals surface area contributed by atoms with Gasteiger partial charge in [0.05, 0.1) is 5.92 Å². The van der Waals surface area contributed by atoms with Crippen molar-refractivity contribution < 1.29 is 9.59 Å². The van der Waals surface area contributed by atoms with E-state index in [9.17, 15) is 9.59 Å². The van der Waals surface area contributed by atoms with Crippen LogP contribution >= 0.6 is 0 Å². The zero-order valence-corrected chi connectivity index (χ0v) is 8.88. The molecule has 0 aromatic heterocycles. The topological polar surface area (TPSA) is 34.1 Å². The van der Waals surface area contributed by atoms with Crippen LogP contribution in [-0.4, -0.2) is 12.1 Å². The molecule has 0 aliphatic heterocycles. The Balaban J connectivity index is 3.92. The van der Waals surface area contributed by atoms with Crippen LogP contribution in [0, 0.1) is 11.8 Å². The highest BCUT2D eigenvalue weighted by Gasteiger charge is 2.17. The van der Waals surface area contributed by atoms with Crippen molar-refractivity contribution in [2.24, 2.45) is 11.8 Å². The molecule has 0 saturated carbocycles. The minimum atomic E-state index is -0.345. The molecule has 0 amide bonds. The van der Waals surface area contributed by atoms with E-state index in [-0.39, 0.29) is 11.7 Å². The van der Waals surface area contributed by atoms with Gasteiger partial charge in [-0.15, -0.1) is 0 Å². The van der Waals surface area contributed by atoms with Gasteiger partial charge in [-0.2, -0.15) is 0 Å². The van der Waals surface area contributed by atoms with Gasteiger partial charge < -0.3 is 4.79 Å². The van der Waals surface area contributed by atoms with Crippen LogP contribution in [0.2, 0.25) is 0 Å². The second-order valence-electron chi connectivity index (χ2n) is 3.95. The first-order valence-electron chi connectivity index (χ1n) is 5.09. The van der Waals surface area contributed by atoms with E-state index in [4.69, 9.17) is 0 Å². The number of unbranched alkanes of at least 4 members (excludes halogenated alkanes) is 1. The van der Waals surface area contributed by atoms with Crippen LogP contribution in [0.4, 0.5) is 0 Å². The molecule has 0 aromatic carbocycles. The maximum Gasteiger partial charge on any atom is 0.143 e. The highest BCUT2D eigenvalue weighted by molar-refractivity contribution is 5.93. The Morgan fingerprint density at radius 1 is 1.38 bits per heavy atom. The average molecular weight is 184 g/mol. The lowest BCUT2D eigenvalue weighted by atomic mass is 9.93. The number of rotatable bonds is 7. The molecule has 0 aromatic rings. The van der Waals surface area contributed by atoms with Crippen molar-refractivity contribution >= 4 is 12.1 Å². The minimum Gasteiger partial charge on any atom is -0.303 e. The molecule has 0 saturated heterocycles. The number of hydrogen-bond donors (Lipinski definition) is 0. The normalized spacial score (nSPS) is 12.9. The quantitative estimate of drug-likeness (QED) is 0.450. The van der Waals surface area contributed by atoms with E-state index >= 15 is 0 Å². The van der Waals surface area contributed by atoms with Gasteiger partial charge in [-0.25, -0.2) is 0 Å². The van der Waals surface area contributed by atoms with E-state index in [1.54, 1.807) is 0 Å². The summed E-state index contributed by atoms with van der Waals surface area (Å²) in [5, 5.41) is 0. The number of ketones is 1. The lowest BCUT2D eigenvalue weighted by Gasteiger charge is -2.09. The summed E-state index contributed by atoms with van der Waals surface area (Å²) in [6.07, 6.45) is 4.07. The molecule has 76 valence electrons. The predicted octanol–water partition coefficient (Wildman–Crippen LogP) is 2.61. The molecule has 1 atom stereocenters. The first kappa shape index (κ1) is 12.3. The summed E-state index contributed by atoms with van der Waals surface area (Å²) < 4.78 is 0. The summed E-state index contributed by atoms with van der Waals surface area (Å²) in [5.74, 6) is 0.123. The molecule has 2 heteroatoms. The molecule has 13 heavy (non-hydrogen) atoms. The molecule has 0 rings (SSSR count). The Labute approximate surface area is 80.7 Å². The third-order valence-electron chi connectivity index (χ3n) is 2.06. The van der Waals surface area contributed by atoms with Crippen molar-refractivity contribution in [3.8, 4) is 0 Å². The third kappa shape index (κ3) is 5.56. The number of carbonyl (C=O) groups is 2. The monoisotopic (exact) mass is 184 g/mol. The lowest BCUT2D eigenvalue weighted by Crippen LogP contribution is -2.17. The predicted molar refractivity (Wildman–Crippen MR) is 53.5 cm³/mol. The zero-order chi connectivity index (χ0) is 10.3. The Morgan fingerprint density at radius 3 is 2.38 bits per heavy atom. The van der Waals surface area contributed by atoms with Gasteiger partial charge in [0.2, 0.25) is 0 Å². The highest BCUT2D eigenvalue weighted by atomic mass is 16.1. The largest absolute Gasteiger partial charge is 0.303 e. The van der Waals surface area contributed by atoms with Crippen LogP contribution in [0.15, 0.2) is 0 Å². The molecule has 0 aliphatic carbocycles. The summed E-state index contributed by atoms with van der Waals surface area (Å²) in [4.78, 5) is 22.1. The molecule has 1 unspecified atom stereocenters. The fourth-order valence-corrected chi connectivity index (χ4v) is 1.28. The van der Waals surface area contributed by atoms with Crippen molar-refractivity contribution in [2.45, 2.75) is 46.5 Å². The van der Waals surface area contributed by atoms with Gasteiger partial charge in [-0.3, -0.25) is 4.79 Å². The Hall–Kier alpha value is -0.660. The standard InChI is InChI=1S/C11H20O2/c1-4-5-6-10(8-12)11(13)7-9(2)3/h8-10H,4-7H2,1-3H3. The number of hydrogen-bond acceptors (Lipinski definition) is 2. The van der Waals surface area contributed by atoms with E-state index in [2.05, 4.69) is 6.92 Å². The molecular weight excluding hydrogens is 164 g/mol. The van der Waals surface area contributed by atoms with Crippen molar-refractivity contribution in [3.05, 3.63) is 0 Å². The van der Waals surface area contributed by atoms with Crippen molar-refractivity contribution in [1.29, 1.82) is 0 Å². The van der Waals surface area contributed by atoms with Gasteiger partial charge in [-0.05, 0) is 12.3 Å². The van der Waals surface area contributed by atoms with Crippen molar-refractivity contribution in [2.75, 3.05) is 0 Å². The summed E-state index contributed by atoms with van der Waals surface area (Å²) in [6.45, 7) is 6.06.